The molecule has 3 amide bonds. The summed E-state index contributed by atoms with van der Waals surface area (Å²) in [5.74, 6) is -0.355. The van der Waals surface area contributed by atoms with Crippen LogP contribution in [0.4, 0.5) is 16.2 Å². The van der Waals surface area contributed by atoms with Crippen LogP contribution in [0.5, 0.6) is 5.75 Å². The molecule has 0 saturated heterocycles. The maximum absolute atomic E-state index is 14.5. The van der Waals surface area contributed by atoms with Crippen LogP contribution in [0, 0.1) is 12.8 Å². The van der Waals surface area contributed by atoms with E-state index in [1.54, 1.807) is 54.3 Å². The zero-order chi connectivity index (χ0) is 37.4. The molecule has 0 spiro atoms. The molecule has 5 rings (SSSR count). The molecule has 0 bridgehead atoms. The number of anilines is 2. The molecule has 11 nitrogen and oxygen atoms in total. The number of aryl methyl sites for hydroxylation is 1. The van der Waals surface area contributed by atoms with Gasteiger partial charge in [-0.2, -0.15) is 4.31 Å². The van der Waals surface area contributed by atoms with Crippen LogP contribution in [-0.4, -0.2) is 86.3 Å². The van der Waals surface area contributed by atoms with Gasteiger partial charge in [0.05, 0.1) is 41.0 Å². The van der Waals surface area contributed by atoms with Gasteiger partial charge in [0, 0.05) is 43.7 Å². The Labute approximate surface area is 307 Å². The number of aliphatic hydroxyl groups is 1. The minimum Gasteiger partial charge on any atom is -0.490 e. The zero-order valence-corrected chi connectivity index (χ0v) is 31.4. The summed E-state index contributed by atoms with van der Waals surface area (Å²) in [5.41, 5.74) is 2.22. The minimum absolute atomic E-state index is 0.0723. The van der Waals surface area contributed by atoms with Crippen molar-refractivity contribution in [3.05, 3.63) is 96.1 Å². The van der Waals surface area contributed by atoms with E-state index >= 15 is 0 Å². The van der Waals surface area contributed by atoms with Gasteiger partial charge >= 0.3 is 6.03 Å². The molecule has 4 atom stereocenters. The van der Waals surface area contributed by atoms with Gasteiger partial charge in [-0.25, -0.2) is 13.2 Å². The molecule has 0 unspecified atom stereocenters. The fraction of sp³-hybridized carbons (Fsp3) is 0.400. The number of aliphatic hydroxyl groups excluding tert-OH is 1. The first-order valence-corrected chi connectivity index (χ1v) is 19.2. The molecular weight excluding hydrogens is 681 g/mol. The highest BCUT2D eigenvalue weighted by molar-refractivity contribution is 7.89. The third-order valence-electron chi connectivity index (χ3n) is 9.51. The molecule has 1 heterocycles. The first-order chi connectivity index (χ1) is 24.9. The lowest BCUT2D eigenvalue weighted by molar-refractivity contribution is -0.00833. The lowest BCUT2D eigenvalue weighted by atomic mass is 10.0. The van der Waals surface area contributed by atoms with Gasteiger partial charge in [-0.15, -0.1) is 0 Å². The van der Waals surface area contributed by atoms with Crippen LogP contribution >= 0.6 is 0 Å². The minimum atomic E-state index is -3.80. The highest BCUT2D eigenvalue weighted by atomic mass is 32.2. The molecule has 0 aliphatic carbocycles. The van der Waals surface area contributed by atoms with E-state index in [1.807, 2.05) is 63.2 Å². The second kappa shape index (κ2) is 17.4. The third-order valence-corrected chi connectivity index (χ3v) is 11.4. The van der Waals surface area contributed by atoms with Crippen molar-refractivity contribution in [3.8, 4) is 5.75 Å². The smallest absolute Gasteiger partial charge is 0.323 e. The number of hydrogen-bond acceptors (Lipinski definition) is 7. The van der Waals surface area contributed by atoms with Gasteiger partial charge in [0.15, 0.2) is 0 Å². The number of ether oxygens (including phenoxy) is 2. The molecular formula is C40H50N4O7S. The summed E-state index contributed by atoms with van der Waals surface area (Å²) in [5, 5.41) is 18.0. The van der Waals surface area contributed by atoms with Crippen molar-refractivity contribution in [2.24, 2.45) is 5.92 Å². The molecule has 0 fully saturated rings. The summed E-state index contributed by atoms with van der Waals surface area (Å²) in [6.07, 6.45) is 1.46. The summed E-state index contributed by atoms with van der Waals surface area (Å²) >= 11 is 0. The maximum Gasteiger partial charge on any atom is 0.323 e. The van der Waals surface area contributed by atoms with Gasteiger partial charge in [-0.3, -0.25) is 4.79 Å². The summed E-state index contributed by atoms with van der Waals surface area (Å²) in [6, 6.07) is 24.1. The molecule has 0 aromatic heterocycles. The Balaban J connectivity index is 1.41. The Kier molecular flexibility index (Phi) is 12.9. The third kappa shape index (κ3) is 9.48. The van der Waals surface area contributed by atoms with E-state index in [4.69, 9.17) is 9.47 Å². The van der Waals surface area contributed by atoms with Gasteiger partial charge in [0.1, 0.15) is 5.75 Å². The van der Waals surface area contributed by atoms with Crippen molar-refractivity contribution < 1.29 is 32.6 Å². The first kappa shape index (κ1) is 38.7. The van der Waals surface area contributed by atoms with Crippen LogP contribution in [0.15, 0.2) is 89.8 Å². The molecule has 4 aromatic rings. The molecule has 4 aromatic carbocycles. The summed E-state index contributed by atoms with van der Waals surface area (Å²) < 4.78 is 41.0. The number of carbonyl (C=O) groups is 2. The van der Waals surface area contributed by atoms with Gasteiger partial charge < -0.3 is 30.1 Å². The van der Waals surface area contributed by atoms with Crippen molar-refractivity contribution in [2.75, 3.05) is 44.0 Å². The van der Waals surface area contributed by atoms with Crippen molar-refractivity contribution >= 4 is 44.1 Å². The monoisotopic (exact) mass is 730 g/mol. The van der Waals surface area contributed by atoms with Crippen LogP contribution in [0.1, 0.15) is 56.0 Å². The van der Waals surface area contributed by atoms with Crippen molar-refractivity contribution in [1.29, 1.82) is 0 Å². The zero-order valence-electron chi connectivity index (χ0n) is 30.5. The van der Waals surface area contributed by atoms with Crippen LogP contribution in [0.2, 0.25) is 0 Å². The molecule has 1 aliphatic heterocycles. The predicted octanol–water partition coefficient (Wildman–Crippen LogP) is 6.91. The molecule has 12 heteroatoms. The lowest BCUT2D eigenvalue weighted by Crippen LogP contribution is -2.48. The average Bonchev–Trinajstić information content (AvgIpc) is 3.13. The van der Waals surface area contributed by atoms with Crippen LogP contribution in [-0.2, 0) is 14.8 Å². The average molecular weight is 731 g/mol. The Hall–Kier alpha value is -4.49. The summed E-state index contributed by atoms with van der Waals surface area (Å²) in [7, 11) is -2.26. The number of nitrogens with one attached hydrogen (secondary N) is 2. The Morgan fingerprint density at radius 3 is 2.48 bits per heavy atom. The van der Waals surface area contributed by atoms with E-state index in [0.29, 0.717) is 30.2 Å². The number of hydrogen-bond donors (Lipinski definition) is 3. The number of carbonyl (C=O) groups excluding carboxylic acids is 2. The Morgan fingerprint density at radius 1 is 1.00 bits per heavy atom. The highest BCUT2D eigenvalue weighted by Gasteiger charge is 2.32. The van der Waals surface area contributed by atoms with E-state index < -0.39 is 34.1 Å². The van der Waals surface area contributed by atoms with E-state index in [2.05, 4.69) is 10.6 Å². The molecule has 1 aliphatic rings. The number of sulfonamides is 1. The Morgan fingerprint density at radius 2 is 1.73 bits per heavy atom. The molecule has 3 N–H and O–H groups in total. The predicted molar refractivity (Wildman–Crippen MR) is 204 cm³/mol. The standard InChI is InChI=1S/C40H50N4O7S/c1-27-16-19-33(20-17-27)52(48,49)43(5)25-38-28(2)24-44(29(3)26-45)39(46)35-23-32(18-21-37(35)51-30(4)11-8-9-22-50-38)41-40(47)42-36-15-10-13-31-12-6-7-14-34(31)36/h6-7,10,12-21,23,28-30,38,45H,8-9,11,22,24-26H2,1-5H3,(H2,41,42,47)/t28-,29+,30-,38-/m1/s1. The van der Waals surface area contributed by atoms with Crippen molar-refractivity contribution in [1.82, 2.24) is 9.21 Å². The molecule has 0 saturated carbocycles. The number of fused-ring (bicyclic) bond motifs is 2. The number of rotatable bonds is 8. The van der Waals surface area contributed by atoms with Gasteiger partial charge in [0.25, 0.3) is 5.91 Å². The summed E-state index contributed by atoms with van der Waals surface area (Å²) in [4.78, 5) is 29.5. The summed E-state index contributed by atoms with van der Waals surface area (Å²) in [6.45, 7) is 7.86. The van der Waals surface area contributed by atoms with Gasteiger partial charge in [-0.05, 0) is 81.8 Å². The van der Waals surface area contributed by atoms with E-state index in [1.165, 1.54) is 11.4 Å². The molecule has 278 valence electrons. The first-order valence-electron chi connectivity index (χ1n) is 17.8. The normalized spacial score (nSPS) is 19.7. The topological polar surface area (TPSA) is 138 Å². The van der Waals surface area contributed by atoms with Crippen LogP contribution < -0.4 is 15.4 Å². The number of nitrogens with zero attached hydrogens (tertiary/aromatic N) is 2. The van der Waals surface area contributed by atoms with Crippen molar-refractivity contribution in [3.63, 3.8) is 0 Å². The number of benzene rings is 4. The fourth-order valence-corrected chi connectivity index (χ4v) is 7.51. The lowest BCUT2D eigenvalue weighted by Gasteiger charge is -2.35. The second-order valence-electron chi connectivity index (χ2n) is 13.7. The Bertz CT molecular complexity index is 1950. The number of amides is 3. The molecule has 0 radical (unpaired) electrons. The second-order valence-corrected chi connectivity index (χ2v) is 15.8. The quantitative estimate of drug-likeness (QED) is 0.179. The SMILES string of the molecule is Cc1ccc(S(=O)(=O)N(C)C[C@H]2OCCCC[C@@H](C)Oc3ccc(NC(=O)Nc4cccc5ccccc45)cc3C(=O)N([C@@H](C)CO)C[C@H]2C)cc1. The number of urea groups is 1. The highest BCUT2D eigenvalue weighted by Crippen LogP contribution is 2.30. The largest absolute Gasteiger partial charge is 0.490 e. The van der Waals surface area contributed by atoms with E-state index in [-0.39, 0.29) is 42.2 Å². The number of likely N-dealkylation sites (N-methyl/N-ethyl adjacent to an activating group) is 1. The van der Waals surface area contributed by atoms with Crippen LogP contribution in [0.3, 0.4) is 0 Å². The van der Waals surface area contributed by atoms with Crippen LogP contribution in [0.25, 0.3) is 10.8 Å². The van der Waals surface area contributed by atoms with E-state index in [0.717, 1.165) is 29.2 Å². The van der Waals surface area contributed by atoms with Gasteiger partial charge in [0.2, 0.25) is 10.0 Å². The maximum atomic E-state index is 14.5. The molecule has 52 heavy (non-hydrogen) atoms. The fourth-order valence-electron chi connectivity index (χ4n) is 6.32. The van der Waals surface area contributed by atoms with Gasteiger partial charge in [-0.1, -0.05) is 61.0 Å². The van der Waals surface area contributed by atoms with Crippen molar-refractivity contribution in [2.45, 2.75) is 70.1 Å². The van der Waals surface area contributed by atoms with E-state index in [9.17, 15) is 23.1 Å².